The zero-order chi connectivity index (χ0) is 21.8. The smallest absolute Gasteiger partial charge is 0.238 e. The molecule has 31 heavy (non-hydrogen) atoms. The van der Waals surface area contributed by atoms with Crippen LogP contribution in [0.4, 0.5) is 5.82 Å². The molecule has 2 aromatic heterocycles. The van der Waals surface area contributed by atoms with Gasteiger partial charge in [0.1, 0.15) is 11.7 Å². The first-order chi connectivity index (χ1) is 15.1. The number of benzene rings is 2. The van der Waals surface area contributed by atoms with E-state index in [0.717, 1.165) is 52.4 Å². The molecule has 0 radical (unpaired) electrons. The van der Waals surface area contributed by atoms with E-state index in [4.69, 9.17) is 32.7 Å². The van der Waals surface area contributed by atoms with E-state index < -0.39 is 0 Å². The first-order valence-corrected chi connectivity index (χ1v) is 10.5. The zero-order valence-electron chi connectivity index (χ0n) is 17.2. The summed E-state index contributed by atoms with van der Waals surface area (Å²) in [4.78, 5) is 8.86. The average Bonchev–Trinajstić information content (AvgIpc) is 3.19. The van der Waals surface area contributed by atoms with Gasteiger partial charge < -0.3 is 9.47 Å². The Labute approximate surface area is 189 Å². The van der Waals surface area contributed by atoms with Crippen LogP contribution in [-0.2, 0) is 13.0 Å². The molecule has 7 nitrogen and oxygen atoms in total. The Morgan fingerprint density at radius 1 is 1.00 bits per heavy atom. The number of hydrogen-bond acceptors (Lipinski definition) is 5. The van der Waals surface area contributed by atoms with E-state index >= 15 is 0 Å². The maximum atomic E-state index is 6.31. The van der Waals surface area contributed by atoms with Crippen molar-refractivity contribution in [3.8, 4) is 11.5 Å². The molecule has 0 aliphatic carbocycles. The molecule has 0 bridgehead atoms. The topological polar surface area (TPSA) is 78.7 Å². The Kier molecular flexibility index (Phi) is 6.56. The average molecular weight is 459 g/mol. The first kappa shape index (κ1) is 21.4. The molecular formula is C22H22Cl2N5O2+. The Morgan fingerprint density at radius 3 is 2.61 bits per heavy atom. The van der Waals surface area contributed by atoms with Gasteiger partial charge in [-0.3, -0.25) is 5.32 Å². The number of hydrogen-bond donors (Lipinski definition) is 1. The molecule has 0 aliphatic heterocycles. The number of nitrogens with zero attached hydrogens (tertiary/aromatic N) is 4. The van der Waals surface area contributed by atoms with Gasteiger partial charge in [-0.15, -0.1) is 0 Å². The Balaban J connectivity index is 1.48. The van der Waals surface area contributed by atoms with Crippen LogP contribution < -0.4 is 14.8 Å². The number of halogens is 2. The largest absolute Gasteiger partial charge is 0.493 e. The van der Waals surface area contributed by atoms with Crippen molar-refractivity contribution in [2.45, 2.75) is 13.0 Å². The zero-order valence-corrected chi connectivity index (χ0v) is 18.7. The van der Waals surface area contributed by atoms with Gasteiger partial charge in [-0.25, -0.2) is 9.67 Å². The second-order valence-electron chi connectivity index (χ2n) is 6.97. The van der Waals surface area contributed by atoms with E-state index in [-0.39, 0.29) is 0 Å². The molecule has 2 aromatic carbocycles. The minimum atomic E-state index is 0.502. The van der Waals surface area contributed by atoms with Crippen molar-refractivity contribution in [1.82, 2.24) is 19.7 Å². The maximum Gasteiger partial charge on any atom is 0.238 e. The van der Waals surface area contributed by atoms with Crippen molar-refractivity contribution in [2.75, 3.05) is 20.8 Å². The summed E-state index contributed by atoms with van der Waals surface area (Å²) < 4.78 is 12.5. The van der Waals surface area contributed by atoms with Crippen LogP contribution in [-0.4, -0.2) is 40.5 Å². The number of nitrogens with two attached hydrogens (primary N) is 1. The highest BCUT2D eigenvalue weighted by molar-refractivity contribution is 6.35. The minimum Gasteiger partial charge on any atom is -0.493 e. The van der Waals surface area contributed by atoms with Crippen LogP contribution in [0.5, 0.6) is 11.5 Å². The Hall–Kier alpha value is -2.87. The molecule has 0 saturated carbocycles. The fourth-order valence-corrected chi connectivity index (χ4v) is 3.88. The number of ether oxygens (including phenoxy) is 2. The van der Waals surface area contributed by atoms with E-state index in [1.807, 2.05) is 35.0 Å². The van der Waals surface area contributed by atoms with Crippen molar-refractivity contribution in [3.63, 3.8) is 0 Å². The molecule has 4 rings (SSSR count). The van der Waals surface area contributed by atoms with Crippen LogP contribution in [0.3, 0.4) is 0 Å². The monoisotopic (exact) mass is 458 g/mol. The van der Waals surface area contributed by atoms with E-state index in [2.05, 4.69) is 20.4 Å². The molecule has 160 valence electrons. The maximum absolute atomic E-state index is 6.31. The number of methoxy groups -OCH3 is 2. The van der Waals surface area contributed by atoms with E-state index in [1.54, 1.807) is 32.8 Å². The highest BCUT2D eigenvalue weighted by atomic mass is 35.5. The molecule has 0 aliphatic rings. The normalized spacial score (nSPS) is 11.1. The van der Waals surface area contributed by atoms with Gasteiger partial charge in [0.25, 0.3) is 0 Å². The predicted molar refractivity (Wildman–Crippen MR) is 121 cm³/mol. The molecule has 0 fully saturated rings. The van der Waals surface area contributed by atoms with Gasteiger partial charge >= 0.3 is 0 Å². The summed E-state index contributed by atoms with van der Waals surface area (Å²) in [5.74, 6) is 2.31. The Morgan fingerprint density at radius 2 is 1.84 bits per heavy atom. The van der Waals surface area contributed by atoms with Gasteiger partial charge in [0.05, 0.1) is 33.5 Å². The summed E-state index contributed by atoms with van der Waals surface area (Å²) >= 11 is 12.3. The van der Waals surface area contributed by atoms with Gasteiger partial charge in [0, 0.05) is 16.5 Å². The molecule has 0 saturated heterocycles. The second-order valence-corrected chi connectivity index (χ2v) is 7.81. The van der Waals surface area contributed by atoms with Crippen molar-refractivity contribution in [2.24, 2.45) is 0 Å². The lowest BCUT2D eigenvalue weighted by Gasteiger charge is -2.09. The third kappa shape index (κ3) is 4.74. The number of rotatable bonds is 8. The number of aromatic nitrogens is 4. The third-order valence-electron chi connectivity index (χ3n) is 5.02. The van der Waals surface area contributed by atoms with Crippen molar-refractivity contribution in [1.29, 1.82) is 0 Å². The van der Waals surface area contributed by atoms with Crippen LogP contribution in [0.25, 0.3) is 11.0 Å². The molecular weight excluding hydrogens is 437 g/mol. The fourth-order valence-electron chi connectivity index (χ4n) is 3.41. The third-order valence-corrected chi connectivity index (χ3v) is 5.61. The summed E-state index contributed by atoms with van der Waals surface area (Å²) in [6.07, 6.45) is 4.20. The quantitative estimate of drug-likeness (QED) is 0.436. The summed E-state index contributed by atoms with van der Waals surface area (Å²) in [5.41, 5.74) is 2.85. The Bertz CT molecular complexity index is 1210. The van der Waals surface area contributed by atoms with Gasteiger partial charge in [-0.2, -0.15) is 10.1 Å². The van der Waals surface area contributed by atoms with Gasteiger partial charge in [-0.05, 0) is 35.4 Å². The molecule has 4 aromatic rings. The van der Waals surface area contributed by atoms with Crippen LogP contribution in [0.1, 0.15) is 11.1 Å². The first-order valence-electron chi connectivity index (χ1n) is 9.73. The van der Waals surface area contributed by atoms with Crippen LogP contribution in [0.15, 0.2) is 48.9 Å². The van der Waals surface area contributed by atoms with Crippen LogP contribution in [0.2, 0.25) is 10.0 Å². The van der Waals surface area contributed by atoms with Crippen LogP contribution >= 0.6 is 23.2 Å². The second kappa shape index (κ2) is 9.51. The van der Waals surface area contributed by atoms with Crippen molar-refractivity contribution in [3.05, 3.63) is 70.1 Å². The van der Waals surface area contributed by atoms with Crippen molar-refractivity contribution >= 4 is 40.1 Å². The SMILES string of the molecule is COc1ccc(CC[NH2+]c2ncnc3c2cnn3Cc2ccc(Cl)cc2Cl)cc1OC. The highest BCUT2D eigenvalue weighted by Crippen LogP contribution is 2.27. The minimum absolute atomic E-state index is 0.502. The standard InChI is InChI=1S/C22H21Cl2N5O2/c1-30-19-6-3-14(9-20(19)31-2)7-8-25-21-17-11-28-29(22(17)27-13-26-21)12-15-4-5-16(23)10-18(15)24/h3-6,9-11,13H,7-8,12H2,1-2H3,(H,25,26,27)/p+1. The summed E-state index contributed by atoms with van der Waals surface area (Å²) in [6, 6.07) is 11.4. The van der Waals surface area contributed by atoms with Crippen molar-refractivity contribution < 1.29 is 14.8 Å². The number of fused-ring (bicyclic) bond motifs is 1. The summed E-state index contributed by atoms with van der Waals surface area (Å²) in [7, 11) is 3.27. The molecule has 0 spiro atoms. The molecule has 9 heteroatoms. The molecule has 0 unspecified atom stereocenters. The highest BCUT2D eigenvalue weighted by Gasteiger charge is 2.14. The van der Waals surface area contributed by atoms with E-state index in [1.165, 1.54) is 0 Å². The fraction of sp³-hybridized carbons (Fsp3) is 0.227. The lowest BCUT2D eigenvalue weighted by atomic mass is 10.1. The molecule has 2 heterocycles. The predicted octanol–water partition coefficient (Wildman–Crippen LogP) is 3.64. The summed E-state index contributed by atoms with van der Waals surface area (Å²) in [5, 5.41) is 8.70. The van der Waals surface area contributed by atoms with Gasteiger partial charge in [0.15, 0.2) is 17.1 Å². The lowest BCUT2D eigenvalue weighted by molar-refractivity contribution is -0.573. The van der Waals surface area contributed by atoms with E-state index in [9.17, 15) is 0 Å². The molecule has 2 N–H and O–H groups in total. The van der Waals surface area contributed by atoms with E-state index in [0.29, 0.717) is 16.6 Å². The van der Waals surface area contributed by atoms with Gasteiger partial charge in [-0.1, -0.05) is 35.3 Å². The lowest BCUT2D eigenvalue weighted by Crippen LogP contribution is -2.79. The molecule has 0 amide bonds. The van der Waals surface area contributed by atoms with Gasteiger partial charge in [0.2, 0.25) is 5.82 Å². The molecule has 0 atom stereocenters. The van der Waals surface area contributed by atoms with Crippen LogP contribution in [0, 0.1) is 0 Å². The summed E-state index contributed by atoms with van der Waals surface area (Å²) in [6.45, 7) is 1.32. The number of quaternary nitrogens is 1.